The number of aromatic nitrogens is 2. The minimum atomic E-state index is -1.11. The van der Waals surface area contributed by atoms with Crippen molar-refractivity contribution < 1.29 is 23.8 Å². The Morgan fingerprint density at radius 2 is 2.00 bits per heavy atom. The Balaban J connectivity index is 1.43. The maximum absolute atomic E-state index is 14.3. The second-order valence-corrected chi connectivity index (χ2v) is 11.8. The zero-order valence-corrected chi connectivity index (χ0v) is 27.3. The molecule has 0 bridgehead atoms. The van der Waals surface area contributed by atoms with E-state index in [4.69, 9.17) is 14.7 Å². The highest BCUT2D eigenvalue weighted by atomic mass is 19.1. The van der Waals surface area contributed by atoms with E-state index in [1.165, 1.54) is 12.1 Å². The number of pyridine rings is 2. The molecule has 2 aromatic heterocycles. The summed E-state index contributed by atoms with van der Waals surface area (Å²) in [7, 11) is 0. The summed E-state index contributed by atoms with van der Waals surface area (Å²) < 4.78 is 25.9. The van der Waals surface area contributed by atoms with Crippen LogP contribution in [0.15, 0.2) is 85.5 Å². The third kappa shape index (κ3) is 9.40. The highest BCUT2D eigenvalue weighted by Crippen LogP contribution is 2.26. The van der Waals surface area contributed by atoms with Crippen LogP contribution in [-0.4, -0.2) is 64.7 Å². The number of carbonyl (C=O) groups is 1. The Bertz CT molecular complexity index is 1680. The van der Waals surface area contributed by atoms with Crippen molar-refractivity contribution in [1.29, 1.82) is 5.26 Å². The van der Waals surface area contributed by atoms with E-state index < -0.39 is 11.8 Å². The molecule has 47 heavy (non-hydrogen) atoms. The summed E-state index contributed by atoms with van der Waals surface area (Å²) in [6, 6.07) is 15.1. The average Bonchev–Trinajstić information content (AvgIpc) is 3.04. The molecule has 0 aliphatic carbocycles. The zero-order chi connectivity index (χ0) is 34.1. The predicted molar refractivity (Wildman–Crippen MR) is 180 cm³/mol. The van der Waals surface area contributed by atoms with Gasteiger partial charge in [0.1, 0.15) is 29.8 Å². The van der Waals surface area contributed by atoms with Crippen molar-refractivity contribution in [2.45, 2.75) is 40.3 Å². The van der Waals surface area contributed by atoms with E-state index in [2.05, 4.69) is 39.8 Å². The normalized spacial score (nSPS) is 15.0. The number of nitriles is 1. The second-order valence-electron chi connectivity index (χ2n) is 11.8. The molecule has 1 aliphatic heterocycles. The fourth-order valence-electron chi connectivity index (χ4n) is 5.06. The largest absolute Gasteiger partial charge is 0.477 e. The number of carboxylic acid groups (broad SMARTS) is 1. The molecule has 1 saturated heterocycles. The van der Waals surface area contributed by atoms with Crippen molar-refractivity contribution >= 4 is 17.6 Å². The topological polar surface area (TPSA) is 115 Å². The van der Waals surface area contributed by atoms with Crippen LogP contribution in [0.5, 0.6) is 5.88 Å². The van der Waals surface area contributed by atoms with E-state index in [1.54, 1.807) is 30.5 Å². The molecule has 1 aliphatic rings. The number of nitrogens with zero attached hydrogens (tertiary/aromatic N) is 6. The number of ether oxygens (including phenoxy) is 2. The molecule has 1 aromatic carbocycles. The Labute approximate surface area is 275 Å². The first-order valence-electron chi connectivity index (χ1n) is 15.4. The number of aryl methyl sites for hydroxylation is 1. The summed E-state index contributed by atoms with van der Waals surface area (Å²) in [6.45, 7) is 19.4. The smallest absolute Gasteiger partial charge is 0.354 e. The third-order valence-corrected chi connectivity index (χ3v) is 7.70. The zero-order valence-electron chi connectivity index (χ0n) is 27.3. The Kier molecular flexibility index (Phi) is 11.7. The van der Waals surface area contributed by atoms with Crippen LogP contribution in [0.4, 0.5) is 16.0 Å². The maximum atomic E-state index is 14.3. The summed E-state index contributed by atoms with van der Waals surface area (Å²) in [6.07, 6.45) is 3.54. The summed E-state index contributed by atoms with van der Waals surface area (Å²) in [5, 5.41) is 18.6. The van der Waals surface area contributed by atoms with E-state index in [9.17, 15) is 14.3 Å². The van der Waals surface area contributed by atoms with Gasteiger partial charge in [-0.25, -0.2) is 14.2 Å². The number of halogens is 1. The van der Waals surface area contributed by atoms with E-state index >= 15 is 0 Å². The number of piperazine rings is 1. The molecule has 0 saturated carbocycles. The van der Waals surface area contributed by atoms with Gasteiger partial charge in [-0.1, -0.05) is 45.2 Å². The van der Waals surface area contributed by atoms with Gasteiger partial charge in [-0.2, -0.15) is 10.2 Å². The van der Waals surface area contributed by atoms with Gasteiger partial charge >= 0.3 is 5.97 Å². The molecule has 4 rings (SSSR count). The highest BCUT2D eigenvalue weighted by molar-refractivity contribution is 5.86. The molecule has 1 fully saturated rings. The first-order valence-corrected chi connectivity index (χ1v) is 15.4. The van der Waals surface area contributed by atoms with Gasteiger partial charge in [0.15, 0.2) is 5.69 Å². The van der Waals surface area contributed by atoms with Crippen LogP contribution in [-0.2, 0) is 11.3 Å². The van der Waals surface area contributed by atoms with Gasteiger partial charge in [0.25, 0.3) is 0 Å². The van der Waals surface area contributed by atoms with Crippen LogP contribution in [0.2, 0.25) is 0 Å². The highest BCUT2D eigenvalue weighted by Gasteiger charge is 2.27. The molecular formula is C36H41FN6O4. The van der Waals surface area contributed by atoms with Crippen LogP contribution in [0, 0.1) is 30.0 Å². The lowest BCUT2D eigenvalue weighted by Gasteiger charge is -2.42. The molecule has 1 atom stereocenters. The van der Waals surface area contributed by atoms with Gasteiger partial charge < -0.3 is 24.4 Å². The van der Waals surface area contributed by atoms with Crippen molar-refractivity contribution in [2.24, 2.45) is 5.92 Å². The van der Waals surface area contributed by atoms with Crippen LogP contribution in [0.25, 0.3) is 0 Å². The summed E-state index contributed by atoms with van der Waals surface area (Å²) in [5.41, 5.74) is 2.07. The Morgan fingerprint density at radius 1 is 1.21 bits per heavy atom. The number of hydrogen-bond acceptors (Lipinski definition) is 9. The SMILES string of the molecule is C=C(CN(C(=C)CN1CCN(c2cccc(OCc3ccc(C#N)cc3F)n2)C[C@@H]1C)c1nc(C(=O)O)ccc1C)O/C=C\C(C)C. The summed E-state index contributed by atoms with van der Waals surface area (Å²) in [4.78, 5) is 27.2. The number of anilines is 2. The van der Waals surface area contributed by atoms with Crippen LogP contribution >= 0.6 is 0 Å². The van der Waals surface area contributed by atoms with Gasteiger partial charge in [0.2, 0.25) is 5.88 Å². The van der Waals surface area contributed by atoms with E-state index in [0.29, 0.717) is 55.1 Å². The molecule has 0 radical (unpaired) electrons. The first-order chi connectivity index (χ1) is 22.4. The fourth-order valence-corrected chi connectivity index (χ4v) is 5.06. The van der Waals surface area contributed by atoms with Crippen LogP contribution < -0.4 is 14.5 Å². The average molecular weight is 641 g/mol. The van der Waals surface area contributed by atoms with Gasteiger partial charge in [-0.3, -0.25) is 4.90 Å². The maximum Gasteiger partial charge on any atom is 0.354 e. The van der Waals surface area contributed by atoms with E-state index in [1.807, 2.05) is 49.9 Å². The van der Waals surface area contributed by atoms with E-state index in [-0.39, 0.29) is 30.5 Å². The van der Waals surface area contributed by atoms with E-state index in [0.717, 1.165) is 17.1 Å². The van der Waals surface area contributed by atoms with Crippen molar-refractivity contribution in [3.63, 3.8) is 0 Å². The molecule has 3 heterocycles. The van der Waals surface area contributed by atoms with Gasteiger partial charge in [-0.15, -0.1) is 0 Å². The lowest BCUT2D eigenvalue weighted by molar-refractivity contribution is 0.0690. The predicted octanol–water partition coefficient (Wildman–Crippen LogP) is 6.30. The molecule has 0 unspecified atom stereocenters. The van der Waals surface area contributed by atoms with Gasteiger partial charge in [0.05, 0.1) is 24.4 Å². The first kappa shape index (κ1) is 34.7. The van der Waals surface area contributed by atoms with Gasteiger partial charge in [-0.05, 0) is 55.7 Å². The number of rotatable bonds is 14. The monoisotopic (exact) mass is 640 g/mol. The molecule has 246 valence electrons. The molecule has 0 amide bonds. The fraction of sp³-hybridized carbons (Fsp3) is 0.333. The lowest BCUT2D eigenvalue weighted by Crippen LogP contribution is -2.53. The minimum Gasteiger partial charge on any atom is -0.477 e. The number of benzene rings is 1. The Hall–Kier alpha value is -5.21. The van der Waals surface area contributed by atoms with Crippen LogP contribution in [0.3, 0.4) is 0 Å². The van der Waals surface area contributed by atoms with Crippen molar-refractivity contribution in [3.05, 3.63) is 114 Å². The molecule has 0 spiro atoms. The van der Waals surface area contributed by atoms with Crippen molar-refractivity contribution in [2.75, 3.05) is 42.5 Å². The number of carboxylic acids is 1. The number of allylic oxidation sites excluding steroid dienone is 1. The molecule has 10 nitrogen and oxygen atoms in total. The Morgan fingerprint density at radius 3 is 2.68 bits per heavy atom. The number of aromatic carboxylic acids is 1. The third-order valence-electron chi connectivity index (χ3n) is 7.70. The second kappa shape index (κ2) is 15.9. The summed E-state index contributed by atoms with van der Waals surface area (Å²) in [5.74, 6) is 0.796. The van der Waals surface area contributed by atoms with Crippen molar-refractivity contribution in [1.82, 2.24) is 14.9 Å². The standard InChI is InChI=1S/C36H41FN6O4/c1-24(2)14-17-46-28(6)22-43(35-25(3)10-13-32(39-35)36(44)45)27(5)21-41-15-16-42(20-26(41)4)33-8-7-9-34(40-33)47-23-30-12-11-29(19-38)18-31(30)37/h7-14,17-18,24,26H,5-6,15-16,20-23H2,1-4H3,(H,44,45)/b17-14-/t26-/m0/s1. The minimum absolute atomic E-state index is 0.00797. The molecule has 11 heteroatoms. The number of hydrogen-bond donors (Lipinski definition) is 1. The van der Waals surface area contributed by atoms with Crippen LogP contribution in [0.1, 0.15) is 48.0 Å². The lowest BCUT2D eigenvalue weighted by atomic mass is 10.1. The summed E-state index contributed by atoms with van der Waals surface area (Å²) >= 11 is 0. The molecule has 3 aromatic rings. The van der Waals surface area contributed by atoms with Crippen molar-refractivity contribution in [3.8, 4) is 11.9 Å². The quantitative estimate of drug-likeness (QED) is 0.201. The van der Waals surface area contributed by atoms with Gasteiger partial charge in [0, 0.05) is 49.5 Å². The molecular weight excluding hydrogens is 599 g/mol. The molecule has 1 N–H and O–H groups in total.